The van der Waals surface area contributed by atoms with Gasteiger partial charge >= 0.3 is 0 Å². The molecule has 0 atom stereocenters. The number of carbonyl (C=O) groups is 1. The summed E-state index contributed by atoms with van der Waals surface area (Å²) in [4.78, 5) is 12.1. The van der Waals surface area contributed by atoms with Crippen molar-refractivity contribution in [2.24, 2.45) is 5.10 Å². The number of carbonyl (C=O) groups excluding carboxylic acids is 1. The number of hydrazone groups is 1. The molecule has 8 heteroatoms. The quantitative estimate of drug-likeness (QED) is 0.193. The Morgan fingerprint density at radius 3 is 2.65 bits per heavy atom. The molecule has 0 spiro atoms. The summed E-state index contributed by atoms with van der Waals surface area (Å²) in [5, 5.41) is 4.71. The number of ether oxygens (including phenoxy) is 2. The molecule has 5 nitrogen and oxygen atoms in total. The van der Waals surface area contributed by atoms with Crippen molar-refractivity contribution in [3.8, 4) is 11.5 Å². The van der Waals surface area contributed by atoms with E-state index in [2.05, 4.69) is 49.0 Å². The fraction of sp³-hybridized carbons (Fsp3) is 0.130. The number of benzene rings is 3. The van der Waals surface area contributed by atoms with Crippen LogP contribution in [0, 0.1) is 3.57 Å². The number of rotatable bonds is 8. The van der Waals surface area contributed by atoms with Crippen LogP contribution in [0.5, 0.6) is 11.5 Å². The number of hydrogen-bond acceptors (Lipinski definition) is 4. The Balaban J connectivity index is 1.64. The Hall–Kier alpha value is -2.10. The van der Waals surface area contributed by atoms with Gasteiger partial charge in [0.1, 0.15) is 6.61 Å². The molecular formula is C23H19BrClIN2O3. The molecule has 0 radical (unpaired) electrons. The van der Waals surface area contributed by atoms with Crippen LogP contribution in [-0.2, 0) is 17.8 Å². The molecular weight excluding hydrogens is 595 g/mol. The summed E-state index contributed by atoms with van der Waals surface area (Å²) in [6.07, 6.45) is 1.82. The number of nitrogens with one attached hydrogen (secondary N) is 1. The predicted molar refractivity (Wildman–Crippen MR) is 135 cm³/mol. The van der Waals surface area contributed by atoms with E-state index in [1.165, 1.54) is 0 Å². The molecule has 0 aliphatic carbocycles. The zero-order chi connectivity index (χ0) is 22.2. The first-order valence-electron chi connectivity index (χ1n) is 9.26. The molecule has 0 aliphatic rings. The minimum absolute atomic E-state index is 0.195. The highest BCUT2D eigenvalue weighted by atomic mass is 127. The molecule has 0 aromatic heterocycles. The molecule has 0 bridgehead atoms. The maximum atomic E-state index is 12.1. The normalized spacial score (nSPS) is 10.8. The van der Waals surface area contributed by atoms with Gasteiger partial charge in [0.25, 0.3) is 0 Å². The summed E-state index contributed by atoms with van der Waals surface area (Å²) in [6.45, 7) is 0.325. The highest BCUT2D eigenvalue weighted by Gasteiger charge is 2.12. The van der Waals surface area contributed by atoms with E-state index in [0.29, 0.717) is 23.1 Å². The van der Waals surface area contributed by atoms with Crippen molar-refractivity contribution < 1.29 is 14.3 Å². The average Bonchev–Trinajstić information content (AvgIpc) is 2.75. The monoisotopic (exact) mass is 612 g/mol. The van der Waals surface area contributed by atoms with Gasteiger partial charge in [-0.15, -0.1) is 0 Å². The van der Waals surface area contributed by atoms with Crippen LogP contribution >= 0.6 is 50.1 Å². The van der Waals surface area contributed by atoms with Crippen LogP contribution in [0.1, 0.15) is 16.7 Å². The molecule has 1 amide bonds. The first kappa shape index (κ1) is 23.6. The number of nitrogens with zero attached hydrogens (tertiary/aromatic N) is 1. The molecule has 0 saturated heterocycles. The highest BCUT2D eigenvalue weighted by molar-refractivity contribution is 14.1. The fourth-order valence-electron chi connectivity index (χ4n) is 2.73. The Kier molecular flexibility index (Phi) is 8.74. The zero-order valence-electron chi connectivity index (χ0n) is 16.6. The molecule has 160 valence electrons. The minimum Gasteiger partial charge on any atom is -0.493 e. The molecule has 0 saturated carbocycles. The third-order valence-electron chi connectivity index (χ3n) is 4.26. The van der Waals surface area contributed by atoms with Crippen molar-refractivity contribution in [2.45, 2.75) is 13.0 Å². The molecule has 0 fully saturated rings. The lowest BCUT2D eigenvalue weighted by molar-refractivity contribution is -0.120. The fourth-order valence-corrected chi connectivity index (χ4v) is 3.96. The second-order valence-electron chi connectivity index (χ2n) is 6.51. The van der Waals surface area contributed by atoms with Gasteiger partial charge in [-0.2, -0.15) is 5.10 Å². The average molecular weight is 614 g/mol. The third kappa shape index (κ3) is 6.95. The number of halogens is 3. The van der Waals surface area contributed by atoms with E-state index in [-0.39, 0.29) is 12.3 Å². The summed E-state index contributed by atoms with van der Waals surface area (Å²) in [5.41, 5.74) is 5.12. The Bertz CT molecular complexity index is 1090. The minimum atomic E-state index is -0.195. The van der Waals surface area contributed by atoms with Gasteiger partial charge in [-0.25, -0.2) is 5.43 Å². The van der Waals surface area contributed by atoms with E-state index >= 15 is 0 Å². The SMILES string of the molecule is COc1cc(/C=N/NC(=O)Cc2ccc(Br)cc2)cc(I)c1OCc1ccccc1Cl. The van der Waals surface area contributed by atoms with Crippen molar-refractivity contribution in [1.82, 2.24) is 5.43 Å². The van der Waals surface area contributed by atoms with E-state index < -0.39 is 0 Å². The van der Waals surface area contributed by atoms with Gasteiger partial charge in [-0.1, -0.05) is 57.9 Å². The largest absolute Gasteiger partial charge is 0.493 e. The summed E-state index contributed by atoms with van der Waals surface area (Å²) in [5.74, 6) is 1.00. The summed E-state index contributed by atoms with van der Waals surface area (Å²) in [7, 11) is 1.58. The molecule has 0 heterocycles. The maximum absolute atomic E-state index is 12.1. The van der Waals surface area contributed by atoms with Gasteiger partial charge in [0.05, 0.1) is 23.3 Å². The molecule has 0 aliphatic heterocycles. The van der Waals surface area contributed by atoms with Crippen LogP contribution in [0.2, 0.25) is 5.02 Å². The van der Waals surface area contributed by atoms with E-state index in [1.54, 1.807) is 19.4 Å². The van der Waals surface area contributed by atoms with Gasteiger partial charge in [0.15, 0.2) is 11.5 Å². The highest BCUT2D eigenvalue weighted by Crippen LogP contribution is 2.34. The summed E-state index contributed by atoms with van der Waals surface area (Å²) < 4.78 is 13.3. The first-order valence-corrected chi connectivity index (χ1v) is 11.5. The molecule has 3 aromatic carbocycles. The molecule has 31 heavy (non-hydrogen) atoms. The van der Waals surface area contributed by atoms with Gasteiger partial charge in [0, 0.05) is 15.1 Å². The van der Waals surface area contributed by atoms with Crippen molar-refractivity contribution in [1.29, 1.82) is 0 Å². The van der Waals surface area contributed by atoms with Crippen molar-refractivity contribution in [3.63, 3.8) is 0 Å². The van der Waals surface area contributed by atoms with E-state index in [1.807, 2.05) is 54.6 Å². The molecule has 0 unspecified atom stereocenters. The van der Waals surface area contributed by atoms with Crippen LogP contribution in [0.4, 0.5) is 0 Å². The van der Waals surface area contributed by atoms with Crippen LogP contribution in [0.15, 0.2) is 70.2 Å². The van der Waals surface area contributed by atoms with Crippen LogP contribution in [0.3, 0.4) is 0 Å². The standard InChI is InChI=1S/C23H19BrClIN2O3/c1-30-21-11-16(13-27-28-22(29)12-15-6-8-18(24)9-7-15)10-20(26)23(21)31-14-17-4-2-3-5-19(17)25/h2-11,13H,12,14H2,1H3,(H,28,29)/b27-13+. The maximum Gasteiger partial charge on any atom is 0.244 e. The lowest BCUT2D eigenvalue weighted by Gasteiger charge is -2.14. The van der Waals surface area contributed by atoms with Gasteiger partial charge in [-0.3, -0.25) is 4.79 Å². The van der Waals surface area contributed by atoms with Gasteiger partial charge in [-0.05, 0) is 64.0 Å². The number of hydrogen-bond donors (Lipinski definition) is 1. The Morgan fingerprint density at radius 2 is 1.94 bits per heavy atom. The predicted octanol–water partition coefficient (Wildman–Crippen LogP) is 5.99. The smallest absolute Gasteiger partial charge is 0.244 e. The topological polar surface area (TPSA) is 59.9 Å². The van der Waals surface area contributed by atoms with Crippen LogP contribution in [0.25, 0.3) is 0 Å². The summed E-state index contributed by atoms with van der Waals surface area (Å²) in [6, 6.07) is 18.8. The van der Waals surface area contributed by atoms with Crippen molar-refractivity contribution in [2.75, 3.05) is 7.11 Å². The second kappa shape index (κ2) is 11.5. The lowest BCUT2D eigenvalue weighted by atomic mass is 10.1. The van der Waals surface area contributed by atoms with Crippen LogP contribution in [-0.4, -0.2) is 19.2 Å². The van der Waals surface area contributed by atoms with E-state index in [9.17, 15) is 4.79 Å². The Labute approximate surface area is 208 Å². The third-order valence-corrected chi connectivity index (χ3v) is 5.96. The molecule has 3 rings (SSSR count). The van der Waals surface area contributed by atoms with Gasteiger partial charge in [0.2, 0.25) is 5.91 Å². The second-order valence-corrected chi connectivity index (χ2v) is 9.00. The molecule has 3 aromatic rings. The van der Waals surface area contributed by atoms with Gasteiger partial charge < -0.3 is 9.47 Å². The van der Waals surface area contributed by atoms with Crippen molar-refractivity contribution in [3.05, 3.63) is 90.4 Å². The van der Waals surface area contributed by atoms with E-state index in [0.717, 1.165) is 24.7 Å². The Morgan fingerprint density at radius 1 is 1.19 bits per heavy atom. The lowest BCUT2D eigenvalue weighted by Crippen LogP contribution is -2.19. The summed E-state index contributed by atoms with van der Waals surface area (Å²) >= 11 is 11.8. The van der Waals surface area contributed by atoms with Crippen molar-refractivity contribution >= 4 is 62.2 Å². The number of amides is 1. The van der Waals surface area contributed by atoms with E-state index in [4.69, 9.17) is 21.1 Å². The number of methoxy groups -OCH3 is 1. The molecule has 1 N–H and O–H groups in total. The first-order chi connectivity index (χ1) is 15.0. The zero-order valence-corrected chi connectivity index (χ0v) is 21.1. The van der Waals surface area contributed by atoms with Crippen LogP contribution < -0.4 is 14.9 Å².